The van der Waals surface area contributed by atoms with Crippen LogP contribution in [0, 0.1) is 11.3 Å². The molecule has 244 valence electrons. The predicted octanol–water partition coefficient (Wildman–Crippen LogP) is 8.33. The third-order valence-corrected chi connectivity index (χ3v) is 10.8. The summed E-state index contributed by atoms with van der Waals surface area (Å²) in [5, 5.41) is 26.4. The number of benzene rings is 8. The van der Waals surface area contributed by atoms with Gasteiger partial charge in [-0.3, -0.25) is 0 Å². The first-order valence-corrected chi connectivity index (χ1v) is 17.7. The summed E-state index contributed by atoms with van der Waals surface area (Å²) in [5.41, 5.74) is 11.1. The molecule has 0 saturated carbocycles. The average molecular weight is 681 g/mol. The lowest BCUT2D eigenvalue weighted by molar-refractivity contribution is 0.485. The van der Waals surface area contributed by atoms with Crippen molar-refractivity contribution in [2.75, 3.05) is 0 Å². The van der Waals surface area contributed by atoms with Gasteiger partial charge in [-0.15, -0.1) is 0 Å². The molecular formula is C47H26B3N3O. The van der Waals surface area contributed by atoms with E-state index in [9.17, 15) is 10.4 Å². The monoisotopic (exact) mass is 681 g/mol. The Labute approximate surface area is 315 Å². The minimum Gasteiger partial charge on any atom is -0.509 e. The van der Waals surface area contributed by atoms with E-state index in [1.54, 1.807) is 0 Å². The van der Waals surface area contributed by atoms with Crippen LogP contribution in [0.5, 0.6) is 5.75 Å². The Morgan fingerprint density at radius 3 is 1.76 bits per heavy atom. The van der Waals surface area contributed by atoms with Crippen LogP contribution < -0.4 is 16.4 Å². The molecule has 0 spiro atoms. The van der Waals surface area contributed by atoms with E-state index in [0.717, 1.165) is 77.1 Å². The highest BCUT2D eigenvalue weighted by Gasteiger charge is 2.21. The molecule has 0 amide bonds. The van der Waals surface area contributed by atoms with Crippen molar-refractivity contribution in [1.29, 1.82) is 5.26 Å². The molecule has 4 nitrogen and oxygen atoms in total. The number of para-hydroxylation sites is 2. The maximum atomic E-state index is 11.0. The number of fused-ring (bicyclic) bond motifs is 7. The first-order valence-electron chi connectivity index (χ1n) is 17.7. The Morgan fingerprint density at radius 1 is 0.481 bits per heavy atom. The molecule has 0 fully saturated rings. The zero-order valence-corrected chi connectivity index (χ0v) is 29.0. The van der Waals surface area contributed by atoms with Crippen molar-refractivity contribution >= 4 is 94.3 Å². The number of phenolic OH excluding ortho intramolecular Hbond substituents is 1. The highest BCUT2D eigenvalue weighted by atomic mass is 16.3. The molecule has 2 heterocycles. The lowest BCUT2D eigenvalue weighted by Gasteiger charge is -2.14. The van der Waals surface area contributed by atoms with Crippen LogP contribution in [0.25, 0.3) is 88.0 Å². The Kier molecular flexibility index (Phi) is 7.12. The molecule has 0 unspecified atom stereocenters. The second kappa shape index (κ2) is 12.1. The van der Waals surface area contributed by atoms with Gasteiger partial charge in [-0.2, -0.15) is 5.26 Å². The Balaban J connectivity index is 1.21. The normalized spacial score (nSPS) is 11.6. The van der Waals surface area contributed by atoms with Crippen LogP contribution in [-0.4, -0.2) is 37.8 Å². The summed E-state index contributed by atoms with van der Waals surface area (Å²) in [6.45, 7) is 0. The van der Waals surface area contributed by atoms with Crippen molar-refractivity contribution in [1.82, 2.24) is 9.13 Å². The fraction of sp³-hybridized carbons (Fsp3) is 0. The van der Waals surface area contributed by atoms with Gasteiger partial charge in [0.2, 0.25) is 0 Å². The van der Waals surface area contributed by atoms with E-state index < -0.39 is 0 Å². The van der Waals surface area contributed by atoms with Crippen molar-refractivity contribution < 1.29 is 5.11 Å². The molecule has 10 aromatic rings. The fourth-order valence-electron chi connectivity index (χ4n) is 8.28. The van der Waals surface area contributed by atoms with Crippen molar-refractivity contribution in [2.24, 2.45) is 0 Å². The second-order valence-corrected chi connectivity index (χ2v) is 13.7. The molecule has 54 heavy (non-hydrogen) atoms. The minimum absolute atomic E-state index is 0.0656. The van der Waals surface area contributed by atoms with Crippen molar-refractivity contribution in [2.45, 2.75) is 0 Å². The summed E-state index contributed by atoms with van der Waals surface area (Å²) in [4.78, 5) is 0. The van der Waals surface area contributed by atoms with Gasteiger partial charge in [0.1, 0.15) is 29.3 Å². The molecule has 6 radical (unpaired) electrons. The summed E-state index contributed by atoms with van der Waals surface area (Å²) in [6, 6.07) is 54.2. The van der Waals surface area contributed by atoms with Crippen molar-refractivity contribution in [3.8, 4) is 45.4 Å². The molecule has 0 atom stereocenters. The zero-order chi connectivity index (χ0) is 36.7. The van der Waals surface area contributed by atoms with E-state index in [2.05, 4.69) is 112 Å². The molecule has 0 aliphatic rings. The molecule has 0 saturated heterocycles. The molecule has 2 aromatic heterocycles. The maximum absolute atomic E-state index is 11.0. The van der Waals surface area contributed by atoms with Gasteiger partial charge >= 0.3 is 0 Å². The van der Waals surface area contributed by atoms with Crippen LogP contribution in [0.15, 0.2) is 152 Å². The average Bonchev–Trinajstić information content (AvgIpc) is 3.75. The largest absolute Gasteiger partial charge is 0.509 e. The summed E-state index contributed by atoms with van der Waals surface area (Å²) in [6.07, 6.45) is 0. The van der Waals surface area contributed by atoms with E-state index in [0.29, 0.717) is 16.5 Å². The molecule has 7 heteroatoms. The van der Waals surface area contributed by atoms with Gasteiger partial charge < -0.3 is 14.2 Å². The number of nitrogens with zero attached hydrogens (tertiary/aromatic N) is 3. The van der Waals surface area contributed by atoms with Crippen LogP contribution >= 0.6 is 0 Å². The van der Waals surface area contributed by atoms with Gasteiger partial charge in [0, 0.05) is 38.4 Å². The quantitative estimate of drug-likeness (QED) is 0.190. The second-order valence-electron chi connectivity index (χ2n) is 13.7. The van der Waals surface area contributed by atoms with E-state index in [-0.39, 0.29) is 22.1 Å². The van der Waals surface area contributed by atoms with E-state index in [1.807, 2.05) is 54.6 Å². The highest BCUT2D eigenvalue weighted by molar-refractivity contribution is 6.59. The lowest BCUT2D eigenvalue weighted by Crippen LogP contribution is -2.32. The topological polar surface area (TPSA) is 53.9 Å². The number of hydrogen-bond acceptors (Lipinski definition) is 2. The number of nitriles is 1. The van der Waals surface area contributed by atoms with Gasteiger partial charge in [0.05, 0.1) is 28.2 Å². The Morgan fingerprint density at radius 2 is 1.07 bits per heavy atom. The summed E-state index contributed by atoms with van der Waals surface area (Å²) in [5.74, 6) is -0.208. The smallest absolute Gasteiger partial charge is 0.119 e. The summed E-state index contributed by atoms with van der Waals surface area (Å²) < 4.78 is 4.32. The number of hydrogen-bond donors (Lipinski definition) is 1. The van der Waals surface area contributed by atoms with Crippen LogP contribution in [-0.2, 0) is 0 Å². The summed E-state index contributed by atoms with van der Waals surface area (Å²) in [7, 11) is 19.6. The number of rotatable bonds is 4. The van der Waals surface area contributed by atoms with E-state index in [4.69, 9.17) is 23.5 Å². The van der Waals surface area contributed by atoms with Gasteiger partial charge in [0.15, 0.2) is 0 Å². The van der Waals surface area contributed by atoms with Gasteiger partial charge in [-0.25, -0.2) is 0 Å². The van der Waals surface area contributed by atoms with Gasteiger partial charge in [-0.05, 0) is 105 Å². The zero-order valence-electron chi connectivity index (χ0n) is 29.0. The lowest BCUT2D eigenvalue weighted by atomic mass is 9.73. The first kappa shape index (κ1) is 31.8. The van der Waals surface area contributed by atoms with Crippen LogP contribution in [0.1, 0.15) is 5.56 Å². The molecule has 0 aliphatic carbocycles. The van der Waals surface area contributed by atoms with Crippen LogP contribution in [0.3, 0.4) is 0 Å². The predicted molar refractivity (Wildman–Crippen MR) is 226 cm³/mol. The molecule has 10 rings (SSSR count). The Hall–Kier alpha value is -6.90. The van der Waals surface area contributed by atoms with Gasteiger partial charge in [0.25, 0.3) is 0 Å². The first-order chi connectivity index (χ1) is 26.4. The third kappa shape index (κ3) is 4.60. The SMILES string of the molecule is [B]c1c(O)c([B])c2c3cc(-c4cccc5cccc(-c6ccc7c(c6)c6ccccc6n7-c6ccc(C#N)cc6)c45)ccc3n(-c3ccccc3)c2c1[B]. The fourth-order valence-corrected chi connectivity index (χ4v) is 8.28. The molecular weight excluding hydrogens is 655 g/mol. The van der Waals surface area contributed by atoms with Crippen molar-refractivity contribution in [3.05, 3.63) is 157 Å². The van der Waals surface area contributed by atoms with E-state index >= 15 is 0 Å². The molecule has 1 N–H and O–H groups in total. The van der Waals surface area contributed by atoms with Crippen LogP contribution in [0.4, 0.5) is 0 Å². The molecule has 0 bridgehead atoms. The number of aromatic nitrogens is 2. The molecule has 8 aromatic carbocycles. The number of aromatic hydroxyl groups is 1. The minimum atomic E-state index is -0.208. The van der Waals surface area contributed by atoms with Gasteiger partial charge in [-0.1, -0.05) is 95.9 Å². The van der Waals surface area contributed by atoms with Crippen LogP contribution in [0.2, 0.25) is 0 Å². The van der Waals surface area contributed by atoms with Crippen molar-refractivity contribution in [3.63, 3.8) is 0 Å². The maximum Gasteiger partial charge on any atom is 0.119 e. The van der Waals surface area contributed by atoms with E-state index in [1.165, 1.54) is 0 Å². The highest BCUT2D eigenvalue weighted by Crippen LogP contribution is 2.41. The third-order valence-electron chi connectivity index (χ3n) is 10.8. The molecule has 0 aliphatic heterocycles. The standard InChI is InChI=1S/C47H26B3N3O/c48-43-42-37-25-30(19-23-40(37)53(31-10-2-1-3-11-31)46(42)44(49)45(50)47(43)54)34-14-7-9-28-8-6-13-33(41(28)34)29-18-22-39-36(24-29)35-12-4-5-15-38(35)52(39)32-20-16-27(26-51)17-21-32/h1-25,54H. The number of phenols is 1. The summed E-state index contributed by atoms with van der Waals surface area (Å²) >= 11 is 0. The Bertz CT molecular complexity index is 3200.